The summed E-state index contributed by atoms with van der Waals surface area (Å²) >= 11 is 0. The standard InChI is InChI=1S/C13H26N2O/c1-11-13(6-9-16-11)15(2)8-3-4-12-5-7-14-10-12/h11-14H,3-10H2,1-2H3. The largest absolute Gasteiger partial charge is 0.377 e. The first-order chi connectivity index (χ1) is 7.77. The predicted molar refractivity (Wildman–Crippen MR) is 66.7 cm³/mol. The van der Waals surface area contributed by atoms with E-state index in [2.05, 4.69) is 24.2 Å². The topological polar surface area (TPSA) is 24.5 Å². The van der Waals surface area contributed by atoms with E-state index < -0.39 is 0 Å². The van der Waals surface area contributed by atoms with E-state index in [0.29, 0.717) is 12.1 Å². The lowest BCUT2D eigenvalue weighted by Crippen LogP contribution is -2.37. The van der Waals surface area contributed by atoms with Gasteiger partial charge in [-0.3, -0.25) is 0 Å². The summed E-state index contributed by atoms with van der Waals surface area (Å²) < 4.78 is 5.61. The Hall–Kier alpha value is -0.120. The van der Waals surface area contributed by atoms with Gasteiger partial charge in [-0.1, -0.05) is 0 Å². The van der Waals surface area contributed by atoms with Crippen LogP contribution in [0.15, 0.2) is 0 Å². The monoisotopic (exact) mass is 226 g/mol. The summed E-state index contributed by atoms with van der Waals surface area (Å²) in [4.78, 5) is 2.50. The molecular formula is C13H26N2O. The summed E-state index contributed by atoms with van der Waals surface area (Å²) in [6, 6.07) is 0.654. The van der Waals surface area contributed by atoms with Gasteiger partial charge in [0.1, 0.15) is 0 Å². The minimum absolute atomic E-state index is 0.429. The molecule has 3 unspecified atom stereocenters. The zero-order valence-corrected chi connectivity index (χ0v) is 10.7. The van der Waals surface area contributed by atoms with Crippen LogP contribution in [0.4, 0.5) is 0 Å². The van der Waals surface area contributed by atoms with Crippen LogP contribution in [0, 0.1) is 5.92 Å². The van der Waals surface area contributed by atoms with Gasteiger partial charge >= 0.3 is 0 Å². The molecule has 2 aliphatic rings. The van der Waals surface area contributed by atoms with Gasteiger partial charge in [0, 0.05) is 12.6 Å². The number of likely N-dealkylation sites (N-methyl/N-ethyl adjacent to an activating group) is 1. The van der Waals surface area contributed by atoms with E-state index >= 15 is 0 Å². The molecule has 0 aliphatic carbocycles. The molecule has 3 atom stereocenters. The van der Waals surface area contributed by atoms with E-state index in [1.54, 1.807) is 0 Å². The highest BCUT2D eigenvalue weighted by Crippen LogP contribution is 2.20. The molecule has 0 aromatic carbocycles. The fourth-order valence-electron chi connectivity index (χ4n) is 3.06. The molecule has 3 heteroatoms. The van der Waals surface area contributed by atoms with Crippen molar-refractivity contribution in [2.45, 2.75) is 44.8 Å². The van der Waals surface area contributed by atoms with E-state index in [0.717, 1.165) is 12.5 Å². The van der Waals surface area contributed by atoms with Crippen LogP contribution < -0.4 is 5.32 Å². The second-order valence-electron chi connectivity index (χ2n) is 5.41. The SMILES string of the molecule is CC1OCCC1N(C)CCCC1CCNC1. The average Bonchev–Trinajstić information content (AvgIpc) is 2.88. The van der Waals surface area contributed by atoms with Crippen molar-refractivity contribution in [1.29, 1.82) is 0 Å². The molecule has 2 rings (SSSR count). The smallest absolute Gasteiger partial charge is 0.0702 e. The maximum Gasteiger partial charge on any atom is 0.0702 e. The first-order valence-corrected chi connectivity index (χ1v) is 6.80. The highest BCUT2D eigenvalue weighted by Gasteiger charge is 2.27. The zero-order chi connectivity index (χ0) is 11.4. The van der Waals surface area contributed by atoms with Crippen molar-refractivity contribution in [3.05, 3.63) is 0 Å². The van der Waals surface area contributed by atoms with Crippen molar-refractivity contribution < 1.29 is 4.74 Å². The molecular weight excluding hydrogens is 200 g/mol. The Balaban J connectivity index is 1.61. The zero-order valence-electron chi connectivity index (χ0n) is 10.7. The van der Waals surface area contributed by atoms with Gasteiger partial charge in [-0.2, -0.15) is 0 Å². The maximum atomic E-state index is 5.61. The predicted octanol–water partition coefficient (Wildman–Crippen LogP) is 1.49. The van der Waals surface area contributed by atoms with Gasteiger partial charge in [-0.05, 0) is 65.2 Å². The minimum atomic E-state index is 0.429. The van der Waals surface area contributed by atoms with Gasteiger partial charge < -0.3 is 15.0 Å². The van der Waals surface area contributed by atoms with Crippen LogP contribution in [0.2, 0.25) is 0 Å². The third kappa shape index (κ3) is 3.19. The quantitative estimate of drug-likeness (QED) is 0.768. The molecule has 0 aromatic rings. The van der Waals surface area contributed by atoms with Crippen molar-refractivity contribution in [3.8, 4) is 0 Å². The number of rotatable bonds is 5. The Kier molecular flexibility index (Phi) is 4.62. The van der Waals surface area contributed by atoms with Crippen LogP contribution in [0.25, 0.3) is 0 Å². The summed E-state index contributed by atoms with van der Waals surface area (Å²) in [7, 11) is 2.25. The highest BCUT2D eigenvalue weighted by atomic mass is 16.5. The van der Waals surface area contributed by atoms with Gasteiger partial charge in [0.15, 0.2) is 0 Å². The van der Waals surface area contributed by atoms with E-state index in [4.69, 9.17) is 4.74 Å². The van der Waals surface area contributed by atoms with Crippen molar-refractivity contribution in [1.82, 2.24) is 10.2 Å². The summed E-state index contributed by atoms with van der Waals surface area (Å²) in [5.74, 6) is 0.936. The third-order valence-corrected chi connectivity index (χ3v) is 4.19. The molecule has 2 heterocycles. The van der Waals surface area contributed by atoms with Crippen molar-refractivity contribution in [3.63, 3.8) is 0 Å². The molecule has 0 aromatic heterocycles. The molecule has 0 amide bonds. The van der Waals surface area contributed by atoms with Crippen molar-refractivity contribution in [2.24, 2.45) is 5.92 Å². The molecule has 2 saturated heterocycles. The number of nitrogens with zero attached hydrogens (tertiary/aromatic N) is 1. The van der Waals surface area contributed by atoms with Gasteiger partial charge in [-0.15, -0.1) is 0 Å². The van der Waals surface area contributed by atoms with Gasteiger partial charge in [0.05, 0.1) is 6.10 Å². The molecule has 0 radical (unpaired) electrons. The summed E-state index contributed by atoms with van der Waals surface area (Å²) in [6.45, 7) is 6.85. The van der Waals surface area contributed by atoms with Crippen LogP contribution in [0.1, 0.15) is 32.6 Å². The lowest BCUT2D eigenvalue weighted by molar-refractivity contribution is 0.0828. The van der Waals surface area contributed by atoms with Crippen molar-refractivity contribution >= 4 is 0 Å². The lowest BCUT2D eigenvalue weighted by Gasteiger charge is -2.26. The Labute approximate surface area is 99.5 Å². The van der Waals surface area contributed by atoms with Crippen molar-refractivity contribution in [2.75, 3.05) is 33.3 Å². The molecule has 1 N–H and O–H groups in total. The minimum Gasteiger partial charge on any atom is -0.377 e. The average molecular weight is 226 g/mol. The van der Waals surface area contributed by atoms with Gasteiger partial charge in [0.25, 0.3) is 0 Å². The Morgan fingerprint density at radius 1 is 1.38 bits per heavy atom. The van der Waals surface area contributed by atoms with E-state index in [1.807, 2.05) is 0 Å². The molecule has 2 aliphatic heterocycles. The fraction of sp³-hybridized carbons (Fsp3) is 1.00. The lowest BCUT2D eigenvalue weighted by atomic mass is 10.0. The highest BCUT2D eigenvalue weighted by molar-refractivity contribution is 4.80. The Morgan fingerprint density at radius 2 is 2.25 bits per heavy atom. The van der Waals surface area contributed by atoms with Crippen LogP contribution in [0.5, 0.6) is 0 Å². The van der Waals surface area contributed by atoms with Crippen LogP contribution >= 0.6 is 0 Å². The number of hydrogen-bond acceptors (Lipinski definition) is 3. The second-order valence-corrected chi connectivity index (χ2v) is 5.41. The third-order valence-electron chi connectivity index (χ3n) is 4.19. The molecule has 0 saturated carbocycles. The molecule has 16 heavy (non-hydrogen) atoms. The molecule has 3 nitrogen and oxygen atoms in total. The molecule has 0 spiro atoms. The van der Waals surface area contributed by atoms with Crippen LogP contribution in [0.3, 0.4) is 0 Å². The fourth-order valence-corrected chi connectivity index (χ4v) is 3.06. The normalized spacial score (nSPS) is 35.1. The van der Waals surface area contributed by atoms with Crippen LogP contribution in [-0.2, 0) is 4.74 Å². The van der Waals surface area contributed by atoms with Gasteiger partial charge in [0.2, 0.25) is 0 Å². The van der Waals surface area contributed by atoms with E-state index in [9.17, 15) is 0 Å². The number of ether oxygens (including phenoxy) is 1. The number of hydrogen-bond donors (Lipinski definition) is 1. The Bertz CT molecular complexity index is 204. The maximum absolute atomic E-state index is 5.61. The first kappa shape index (κ1) is 12.3. The summed E-state index contributed by atoms with van der Waals surface area (Å²) in [5.41, 5.74) is 0. The second kappa shape index (κ2) is 5.99. The molecule has 0 bridgehead atoms. The first-order valence-electron chi connectivity index (χ1n) is 6.80. The molecule has 94 valence electrons. The Morgan fingerprint density at radius 3 is 2.88 bits per heavy atom. The molecule has 2 fully saturated rings. The number of nitrogens with one attached hydrogen (secondary N) is 1. The summed E-state index contributed by atoms with van der Waals surface area (Å²) in [6.07, 6.45) is 5.75. The van der Waals surface area contributed by atoms with E-state index in [1.165, 1.54) is 45.3 Å². The van der Waals surface area contributed by atoms with Crippen LogP contribution in [-0.4, -0.2) is 50.3 Å². The summed E-state index contributed by atoms with van der Waals surface area (Å²) in [5, 5.41) is 3.44. The van der Waals surface area contributed by atoms with Gasteiger partial charge in [-0.25, -0.2) is 0 Å². The van der Waals surface area contributed by atoms with E-state index in [-0.39, 0.29) is 0 Å².